The predicted molar refractivity (Wildman–Crippen MR) is 65.1 cm³/mol. The summed E-state index contributed by atoms with van der Waals surface area (Å²) < 4.78 is 14.8. The Morgan fingerprint density at radius 1 is 0.737 bits per heavy atom. The topological polar surface area (TPSA) is 78.9 Å². The van der Waals surface area contributed by atoms with Gasteiger partial charge in [0.2, 0.25) is 0 Å². The van der Waals surface area contributed by atoms with E-state index in [1.807, 2.05) is 0 Å². The van der Waals surface area contributed by atoms with E-state index in [1.54, 1.807) is 6.92 Å². The molecule has 0 bridgehead atoms. The zero-order valence-corrected chi connectivity index (χ0v) is 11.1. The van der Waals surface area contributed by atoms with Crippen LogP contribution in [-0.2, 0) is 14.4 Å². The summed E-state index contributed by atoms with van der Waals surface area (Å²) in [4.78, 5) is 32.9. The standard InChI is InChI=1S/C13H14O6/c1-7-5-12(18-9(3)15)13(19-10(4)16)6-11(7)17-8(2)14/h5-6H,1-4H3. The van der Waals surface area contributed by atoms with Crippen LogP contribution in [0.25, 0.3) is 0 Å². The van der Waals surface area contributed by atoms with Crippen LogP contribution in [0.5, 0.6) is 17.2 Å². The number of carbonyl (C=O) groups excluding carboxylic acids is 3. The smallest absolute Gasteiger partial charge is 0.308 e. The summed E-state index contributed by atoms with van der Waals surface area (Å²) in [7, 11) is 0. The first-order valence-corrected chi connectivity index (χ1v) is 5.49. The van der Waals surface area contributed by atoms with Crippen molar-refractivity contribution in [3.63, 3.8) is 0 Å². The second-order valence-electron chi connectivity index (χ2n) is 3.85. The Bertz CT molecular complexity index is 532. The van der Waals surface area contributed by atoms with E-state index in [1.165, 1.54) is 32.9 Å². The van der Waals surface area contributed by atoms with Crippen molar-refractivity contribution in [1.82, 2.24) is 0 Å². The maximum Gasteiger partial charge on any atom is 0.308 e. The number of benzene rings is 1. The number of aryl methyl sites for hydroxylation is 1. The third kappa shape index (κ3) is 4.42. The molecule has 0 aliphatic rings. The van der Waals surface area contributed by atoms with Crippen LogP contribution < -0.4 is 14.2 Å². The van der Waals surface area contributed by atoms with Crippen molar-refractivity contribution in [3.8, 4) is 17.2 Å². The molecular weight excluding hydrogens is 252 g/mol. The van der Waals surface area contributed by atoms with Crippen molar-refractivity contribution < 1.29 is 28.6 Å². The van der Waals surface area contributed by atoms with Gasteiger partial charge in [-0.3, -0.25) is 14.4 Å². The Balaban J connectivity index is 3.23. The molecule has 102 valence electrons. The highest BCUT2D eigenvalue weighted by molar-refractivity contribution is 5.75. The van der Waals surface area contributed by atoms with Crippen LogP contribution in [0.1, 0.15) is 26.3 Å². The highest BCUT2D eigenvalue weighted by Gasteiger charge is 2.15. The number of hydrogen-bond acceptors (Lipinski definition) is 6. The summed E-state index contributed by atoms with van der Waals surface area (Å²) >= 11 is 0. The quantitative estimate of drug-likeness (QED) is 0.612. The Hall–Kier alpha value is -2.37. The minimum atomic E-state index is -0.578. The molecule has 0 aliphatic carbocycles. The fraction of sp³-hybridized carbons (Fsp3) is 0.308. The van der Waals surface area contributed by atoms with Gasteiger partial charge in [-0.15, -0.1) is 0 Å². The second kappa shape index (κ2) is 5.99. The summed E-state index contributed by atoms with van der Waals surface area (Å²) in [6.45, 7) is 5.36. The number of hydrogen-bond donors (Lipinski definition) is 0. The van der Waals surface area contributed by atoms with Gasteiger partial charge in [0.1, 0.15) is 5.75 Å². The molecule has 0 aliphatic heterocycles. The molecule has 1 rings (SSSR count). The molecule has 0 atom stereocenters. The van der Waals surface area contributed by atoms with Crippen molar-refractivity contribution in [2.24, 2.45) is 0 Å². The molecule has 0 aromatic heterocycles. The Morgan fingerprint density at radius 2 is 1.11 bits per heavy atom. The zero-order chi connectivity index (χ0) is 14.6. The molecule has 0 heterocycles. The SMILES string of the molecule is CC(=O)Oc1cc(OC(C)=O)c(OC(C)=O)cc1C. The average Bonchev–Trinajstić information content (AvgIpc) is 2.22. The first-order chi connectivity index (χ1) is 8.79. The second-order valence-corrected chi connectivity index (χ2v) is 3.85. The summed E-state index contributed by atoms with van der Waals surface area (Å²) in [5.41, 5.74) is 0.572. The summed E-state index contributed by atoms with van der Waals surface area (Å²) in [6, 6.07) is 2.79. The van der Waals surface area contributed by atoms with Crippen LogP contribution in [0, 0.1) is 6.92 Å². The molecule has 0 amide bonds. The van der Waals surface area contributed by atoms with Crippen molar-refractivity contribution in [3.05, 3.63) is 17.7 Å². The number of rotatable bonds is 3. The van der Waals surface area contributed by atoms with Crippen LogP contribution in [0.2, 0.25) is 0 Å². The highest BCUT2D eigenvalue weighted by atomic mass is 16.6. The van der Waals surface area contributed by atoms with Crippen LogP contribution in [0.4, 0.5) is 0 Å². The Morgan fingerprint density at radius 3 is 1.53 bits per heavy atom. The number of esters is 3. The molecule has 19 heavy (non-hydrogen) atoms. The minimum absolute atomic E-state index is 0.0181. The molecule has 0 saturated heterocycles. The largest absolute Gasteiger partial charge is 0.426 e. The van der Waals surface area contributed by atoms with E-state index in [9.17, 15) is 14.4 Å². The van der Waals surface area contributed by atoms with Gasteiger partial charge in [-0.1, -0.05) is 0 Å². The molecule has 1 aromatic carbocycles. The monoisotopic (exact) mass is 266 g/mol. The van der Waals surface area contributed by atoms with Crippen molar-refractivity contribution in [2.75, 3.05) is 0 Å². The van der Waals surface area contributed by atoms with Gasteiger partial charge < -0.3 is 14.2 Å². The molecule has 1 aromatic rings. The third-order valence-corrected chi connectivity index (χ3v) is 2.00. The van der Waals surface area contributed by atoms with Gasteiger partial charge in [0.15, 0.2) is 11.5 Å². The maximum absolute atomic E-state index is 11.0. The highest BCUT2D eigenvalue weighted by Crippen LogP contribution is 2.35. The molecule has 0 radical (unpaired) electrons. The van der Waals surface area contributed by atoms with Crippen LogP contribution in [-0.4, -0.2) is 17.9 Å². The zero-order valence-electron chi connectivity index (χ0n) is 11.1. The van der Waals surface area contributed by atoms with Crippen molar-refractivity contribution >= 4 is 17.9 Å². The van der Waals surface area contributed by atoms with Gasteiger partial charge >= 0.3 is 17.9 Å². The van der Waals surface area contributed by atoms with E-state index >= 15 is 0 Å². The molecule has 0 saturated carbocycles. The van der Waals surface area contributed by atoms with E-state index in [4.69, 9.17) is 14.2 Å². The number of carbonyl (C=O) groups is 3. The third-order valence-electron chi connectivity index (χ3n) is 2.00. The van der Waals surface area contributed by atoms with E-state index in [-0.39, 0.29) is 17.2 Å². The molecule has 0 fully saturated rings. The lowest BCUT2D eigenvalue weighted by molar-refractivity contribution is -0.134. The van der Waals surface area contributed by atoms with Crippen molar-refractivity contribution in [1.29, 1.82) is 0 Å². The lowest BCUT2D eigenvalue weighted by atomic mass is 10.2. The maximum atomic E-state index is 11.0. The normalized spacial score (nSPS) is 9.68. The van der Waals surface area contributed by atoms with Gasteiger partial charge in [-0.25, -0.2) is 0 Å². The lowest BCUT2D eigenvalue weighted by Gasteiger charge is -2.12. The molecule has 0 spiro atoms. The van der Waals surface area contributed by atoms with Gasteiger partial charge in [-0.05, 0) is 18.6 Å². The lowest BCUT2D eigenvalue weighted by Crippen LogP contribution is -2.09. The summed E-state index contributed by atoms with van der Waals surface area (Å²) in [5, 5.41) is 0. The minimum Gasteiger partial charge on any atom is -0.426 e. The van der Waals surface area contributed by atoms with E-state index in [2.05, 4.69) is 0 Å². The van der Waals surface area contributed by atoms with Gasteiger partial charge in [0.05, 0.1) is 0 Å². The van der Waals surface area contributed by atoms with Crippen molar-refractivity contribution in [2.45, 2.75) is 27.7 Å². The Kier molecular flexibility index (Phi) is 4.63. The van der Waals surface area contributed by atoms with Crippen LogP contribution in [0.15, 0.2) is 12.1 Å². The summed E-state index contributed by atoms with van der Waals surface area (Å²) in [6.07, 6.45) is 0. The average molecular weight is 266 g/mol. The fourth-order valence-corrected chi connectivity index (χ4v) is 1.38. The molecule has 0 unspecified atom stereocenters. The fourth-order valence-electron chi connectivity index (χ4n) is 1.38. The summed E-state index contributed by atoms with van der Waals surface area (Å²) in [5.74, 6) is -1.28. The molecule has 0 N–H and O–H groups in total. The molecule has 6 nitrogen and oxygen atoms in total. The molecular formula is C13H14O6. The predicted octanol–water partition coefficient (Wildman–Crippen LogP) is 1.77. The van der Waals surface area contributed by atoms with Crippen LogP contribution >= 0.6 is 0 Å². The Labute approximate surface area is 110 Å². The van der Waals surface area contributed by atoms with Gasteiger partial charge in [0.25, 0.3) is 0 Å². The first-order valence-electron chi connectivity index (χ1n) is 5.49. The number of ether oxygens (including phenoxy) is 3. The van der Waals surface area contributed by atoms with Crippen LogP contribution in [0.3, 0.4) is 0 Å². The first kappa shape index (κ1) is 14.7. The van der Waals surface area contributed by atoms with E-state index in [0.717, 1.165) is 0 Å². The molecule has 6 heteroatoms. The van der Waals surface area contributed by atoms with Gasteiger partial charge in [0, 0.05) is 26.8 Å². The van der Waals surface area contributed by atoms with E-state index in [0.29, 0.717) is 5.56 Å². The van der Waals surface area contributed by atoms with E-state index < -0.39 is 17.9 Å². The van der Waals surface area contributed by atoms with Gasteiger partial charge in [-0.2, -0.15) is 0 Å².